The molecule has 4 rings (SSSR count). The number of fused-ring (bicyclic) bond motifs is 1. The Morgan fingerprint density at radius 2 is 2.25 bits per heavy atom. The van der Waals surface area contributed by atoms with Gasteiger partial charge in [0, 0.05) is 69.2 Å². The van der Waals surface area contributed by atoms with Gasteiger partial charge in [0.2, 0.25) is 0 Å². The maximum Gasteiger partial charge on any atom is 0.107 e. The van der Waals surface area contributed by atoms with Crippen molar-refractivity contribution in [1.82, 2.24) is 19.8 Å². The smallest absolute Gasteiger partial charge is 0.107 e. The molecule has 0 unspecified atom stereocenters. The van der Waals surface area contributed by atoms with E-state index < -0.39 is 0 Å². The van der Waals surface area contributed by atoms with E-state index in [4.69, 9.17) is 4.74 Å². The van der Waals surface area contributed by atoms with Gasteiger partial charge in [-0.3, -0.25) is 14.8 Å². The van der Waals surface area contributed by atoms with Crippen LogP contribution in [-0.4, -0.2) is 58.7 Å². The van der Waals surface area contributed by atoms with Crippen molar-refractivity contribution in [3.05, 3.63) is 46.7 Å². The molecule has 5 nitrogen and oxygen atoms in total. The van der Waals surface area contributed by atoms with Crippen LogP contribution in [0.15, 0.2) is 36.1 Å². The normalized spacial score (nSPS) is 28.1. The Balaban J connectivity index is 1.47. The highest BCUT2D eigenvalue weighted by Gasteiger charge is 2.44. The van der Waals surface area contributed by atoms with E-state index >= 15 is 0 Å². The van der Waals surface area contributed by atoms with Crippen LogP contribution in [-0.2, 0) is 17.8 Å². The number of likely N-dealkylation sites (tertiary alicyclic amines) is 2. The van der Waals surface area contributed by atoms with Crippen molar-refractivity contribution in [2.24, 2.45) is 5.92 Å². The van der Waals surface area contributed by atoms with Gasteiger partial charge in [-0.25, -0.2) is 4.98 Å². The van der Waals surface area contributed by atoms with Crippen LogP contribution >= 0.6 is 11.3 Å². The van der Waals surface area contributed by atoms with Crippen LogP contribution in [0.5, 0.6) is 0 Å². The molecule has 0 aromatic carbocycles. The van der Waals surface area contributed by atoms with Crippen molar-refractivity contribution in [1.29, 1.82) is 0 Å². The van der Waals surface area contributed by atoms with Gasteiger partial charge in [0.15, 0.2) is 0 Å². The summed E-state index contributed by atoms with van der Waals surface area (Å²) in [5, 5.41) is 3.29. The summed E-state index contributed by atoms with van der Waals surface area (Å²) in [5.74, 6) is 0.584. The zero-order chi connectivity index (χ0) is 16.4. The predicted molar refractivity (Wildman–Crippen MR) is 94.7 cm³/mol. The van der Waals surface area contributed by atoms with E-state index in [1.165, 1.54) is 10.6 Å². The first-order chi connectivity index (χ1) is 11.8. The number of ether oxygens (including phenoxy) is 1. The van der Waals surface area contributed by atoms with E-state index in [9.17, 15) is 0 Å². The molecule has 2 aliphatic heterocycles. The number of hydrogen-bond donors (Lipinski definition) is 0. The molecule has 0 radical (unpaired) electrons. The maximum absolute atomic E-state index is 5.81. The summed E-state index contributed by atoms with van der Waals surface area (Å²) >= 11 is 1.75. The fourth-order valence-corrected chi connectivity index (χ4v) is 4.83. The third-order valence-electron chi connectivity index (χ3n) is 5.31. The van der Waals surface area contributed by atoms with Crippen LogP contribution < -0.4 is 0 Å². The molecule has 0 aliphatic carbocycles. The van der Waals surface area contributed by atoms with Crippen molar-refractivity contribution in [3.63, 3.8) is 0 Å². The molecule has 2 saturated heterocycles. The van der Waals surface area contributed by atoms with Crippen molar-refractivity contribution < 1.29 is 4.74 Å². The van der Waals surface area contributed by atoms with Gasteiger partial charge in [-0.1, -0.05) is 6.07 Å². The molecule has 2 fully saturated rings. The lowest BCUT2D eigenvalue weighted by molar-refractivity contribution is -0.0245. The van der Waals surface area contributed by atoms with Crippen molar-refractivity contribution in [2.75, 3.05) is 26.7 Å². The highest BCUT2D eigenvalue weighted by atomic mass is 32.1. The number of hydrogen-bond acceptors (Lipinski definition) is 6. The quantitative estimate of drug-likeness (QED) is 0.832. The molecule has 0 saturated carbocycles. The monoisotopic (exact) mass is 344 g/mol. The average molecular weight is 344 g/mol. The summed E-state index contributed by atoms with van der Waals surface area (Å²) in [7, 11) is 1.86. The van der Waals surface area contributed by atoms with Gasteiger partial charge in [0.05, 0.1) is 12.6 Å². The number of pyridine rings is 1. The molecule has 0 N–H and O–H groups in total. The Hall–Kier alpha value is -1.34. The van der Waals surface area contributed by atoms with Crippen molar-refractivity contribution >= 4 is 11.3 Å². The SMILES string of the molecule is CO[C@@H]1CCN(Cc2nccs2)[C@@H]2CN(Cc3cccnc3)C[C@@H]21. The molecule has 128 valence electrons. The van der Waals surface area contributed by atoms with E-state index in [2.05, 4.69) is 31.2 Å². The molecule has 0 amide bonds. The lowest BCUT2D eigenvalue weighted by atomic mass is 9.89. The largest absolute Gasteiger partial charge is 0.381 e. The first-order valence-corrected chi connectivity index (χ1v) is 9.48. The Kier molecular flexibility index (Phi) is 4.89. The molecule has 2 aliphatic rings. The third kappa shape index (κ3) is 3.37. The van der Waals surface area contributed by atoms with Crippen LogP contribution in [0.25, 0.3) is 0 Å². The molecule has 0 spiro atoms. The molecule has 4 heterocycles. The van der Waals surface area contributed by atoms with Crippen LogP contribution in [0.1, 0.15) is 17.0 Å². The van der Waals surface area contributed by atoms with E-state index in [1.807, 2.05) is 31.8 Å². The van der Waals surface area contributed by atoms with Crippen molar-refractivity contribution in [2.45, 2.75) is 31.7 Å². The first-order valence-electron chi connectivity index (χ1n) is 8.60. The minimum absolute atomic E-state index is 0.376. The lowest BCUT2D eigenvalue weighted by Gasteiger charge is -2.40. The van der Waals surface area contributed by atoms with Crippen LogP contribution in [0, 0.1) is 5.92 Å². The molecular formula is C18H24N4OS. The first kappa shape index (κ1) is 16.1. The number of thiazole rings is 1. The van der Waals surface area contributed by atoms with Gasteiger partial charge >= 0.3 is 0 Å². The predicted octanol–water partition coefficient (Wildman–Crippen LogP) is 2.26. The zero-order valence-corrected chi connectivity index (χ0v) is 14.9. The Morgan fingerprint density at radius 1 is 1.29 bits per heavy atom. The second-order valence-corrected chi connectivity index (χ2v) is 7.72. The summed E-state index contributed by atoms with van der Waals surface area (Å²) in [5.41, 5.74) is 1.29. The summed E-state index contributed by atoms with van der Waals surface area (Å²) in [6, 6.07) is 4.74. The number of methoxy groups -OCH3 is 1. The Labute approximate surface area is 147 Å². The summed E-state index contributed by atoms with van der Waals surface area (Å²) in [6.45, 7) is 5.25. The van der Waals surface area contributed by atoms with Crippen LogP contribution in [0.2, 0.25) is 0 Å². The van der Waals surface area contributed by atoms with E-state index in [1.54, 1.807) is 11.3 Å². The van der Waals surface area contributed by atoms with Gasteiger partial charge in [0.1, 0.15) is 5.01 Å². The van der Waals surface area contributed by atoms with Crippen molar-refractivity contribution in [3.8, 4) is 0 Å². The minimum Gasteiger partial charge on any atom is -0.381 e. The molecule has 24 heavy (non-hydrogen) atoms. The highest BCUT2D eigenvalue weighted by molar-refractivity contribution is 7.09. The maximum atomic E-state index is 5.81. The highest BCUT2D eigenvalue weighted by Crippen LogP contribution is 2.34. The fourth-order valence-electron chi connectivity index (χ4n) is 4.19. The summed E-state index contributed by atoms with van der Waals surface area (Å²) in [4.78, 5) is 13.9. The third-order valence-corrected chi connectivity index (χ3v) is 6.07. The van der Waals surface area contributed by atoms with Gasteiger partial charge in [-0.05, 0) is 18.1 Å². The average Bonchev–Trinajstić information content (AvgIpc) is 3.26. The van der Waals surface area contributed by atoms with Gasteiger partial charge in [-0.2, -0.15) is 0 Å². The molecule has 6 heteroatoms. The van der Waals surface area contributed by atoms with E-state index in [-0.39, 0.29) is 0 Å². The molecule has 0 bridgehead atoms. The lowest BCUT2D eigenvalue weighted by Crippen LogP contribution is -2.50. The number of piperidine rings is 1. The Bertz CT molecular complexity index is 636. The zero-order valence-electron chi connectivity index (χ0n) is 14.0. The molecule has 2 aromatic heterocycles. The topological polar surface area (TPSA) is 41.5 Å². The van der Waals surface area contributed by atoms with Gasteiger partial charge in [0.25, 0.3) is 0 Å². The van der Waals surface area contributed by atoms with E-state index in [0.29, 0.717) is 18.1 Å². The molecule has 2 aromatic rings. The number of aromatic nitrogens is 2. The summed E-state index contributed by atoms with van der Waals surface area (Å²) < 4.78 is 5.81. The number of nitrogens with zero attached hydrogens (tertiary/aromatic N) is 4. The van der Waals surface area contributed by atoms with Crippen LogP contribution in [0.3, 0.4) is 0 Å². The standard InChI is InChI=1S/C18H24N4OS/c1-23-17-4-7-22(13-18-20-6-8-24-18)16-12-21(11-15(16)17)10-14-3-2-5-19-9-14/h2-3,5-6,8-9,15-17H,4,7,10-13H2,1H3/t15-,16+,17+/m0/s1. The Morgan fingerprint density at radius 3 is 3.00 bits per heavy atom. The molecule has 3 atom stereocenters. The molecular weight excluding hydrogens is 320 g/mol. The number of rotatable bonds is 5. The van der Waals surface area contributed by atoms with E-state index in [0.717, 1.165) is 39.1 Å². The minimum atomic E-state index is 0.376. The van der Waals surface area contributed by atoms with Gasteiger partial charge in [-0.15, -0.1) is 11.3 Å². The van der Waals surface area contributed by atoms with Crippen LogP contribution in [0.4, 0.5) is 0 Å². The second-order valence-electron chi connectivity index (χ2n) is 6.75. The van der Waals surface area contributed by atoms with Gasteiger partial charge < -0.3 is 4.74 Å². The second kappa shape index (κ2) is 7.27. The fraction of sp³-hybridized carbons (Fsp3) is 0.556. The summed E-state index contributed by atoms with van der Waals surface area (Å²) in [6.07, 6.45) is 7.21.